The van der Waals surface area contributed by atoms with Crippen LogP contribution < -0.4 is 9.54 Å². The third-order valence-corrected chi connectivity index (χ3v) is 8.01. The molecular formula is C24H28N2O7S2. The van der Waals surface area contributed by atoms with Gasteiger partial charge < -0.3 is 18.8 Å². The van der Waals surface area contributed by atoms with E-state index < -0.39 is 21.7 Å². The number of nitrogens with zero attached hydrogens (tertiary/aromatic N) is 2. The zero-order chi connectivity index (χ0) is 25.4. The van der Waals surface area contributed by atoms with Crippen LogP contribution in [0.5, 0.6) is 5.75 Å². The van der Waals surface area contributed by atoms with Gasteiger partial charge in [-0.1, -0.05) is 11.3 Å². The van der Waals surface area contributed by atoms with E-state index in [0.29, 0.717) is 29.3 Å². The summed E-state index contributed by atoms with van der Waals surface area (Å²) < 4.78 is 43.0. The number of rotatable bonds is 11. The molecule has 0 saturated heterocycles. The second kappa shape index (κ2) is 12.1. The minimum atomic E-state index is -3.52. The molecule has 0 saturated carbocycles. The molecule has 35 heavy (non-hydrogen) atoms. The molecule has 188 valence electrons. The molecule has 1 aromatic heterocycles. The number of ether oxygens (including phenoxy) is 3. The first-order chi connectivity index (χ1) is 16.8. The van der Waals surface area contributed by atoms with Crippen LogP contribution in [0.2, 0.25) is 0 Å². The molecule has 3 aromatic rings. The Bertz CT molecular complexity index is 1360. The molecule has 9 nitrogen and oxygen atoms in total. The van der Waals surface area contributed by atoms with E-state index in [9.17, 15) is 18.0 Å². The summed E-state index contributed by atoms with van der Waals surface area (Å²) in [6, 6.07) is 11.3. The fourth-order valence-corrected chi connectivity index (χ4v) is 5.80. The minimum absolute atomic E-state index is 0.0119. The third kappa shape index (κ3) is 6.77. The summed E-state index contributed by atoms with van der Waals surface area (Å²) in [7, 11) is -0.435. The number of methoxy groups -OCH3 is 2. The van der Waals surface area contributed by atoms with E-state index in [2.05, 4.69) is 4.99 Å². The molecule has 11 heteroatoms. The van der Waals surface area contributed by atoms with Crippen LogP contribution in [0, 0.1) is 0 Å². The number of fused-ring (bicyclic) bond motifs is 1. The Labute approximate surface area is 207 Å². The highest BCUT2D eigenvalue weighted by Crippen LogP contribution is 2.21. The Morgan fingerprint density at radius 1 is 1.09 bits per heavy atom. The molecule has 0 atom stereocenters. The molecular weight excluding hydrogens is 492 g/mol. The van der Waals surface area contributed by atoms with E-state index in [1.165, 1.54) is 30.6 Å². The lowest BCUT2D eigenvalue weighted by Gasteiger charge is -2.06. The van der Waals surface area contributed by atoms with Crippen LogP contribution in [0.3, 0.4) is 0 Å². The first-order valence-electron chi connectivity index (χ1n) is 11.0. The molecule has 0 aliphatic carbocycles. The van der Waals surface area contributed by atoms with Gasteiger partial charge >= 0.3 is 5.97 Å². The zero-order valence-electron chi connectivity index (χ0n) is 19.9. The van der Waals surface area contributed by atoms with Crippen LogP contribution in [-0.2, 0) is 30.7 Å². The van der Waals surface area contributed by atoms with Crippen molar-refractivity contribution in [2.45, 2.75) is 31.2 Å². The Morgan fingerprint density at radius 2 is 1.83 bits per heavy atom. The summed E-state index contributed by atoms with van der Waals surface area (Å²) in [5, 5.41) is 0. The molecule has 0 N–H and O–H groups in total. The summed E-state index contributed by atoms with van der Waals surface area (Å²) in [5.74, 6) is -0.436. The first-order valence-corrected chi connectivity index (χ1v) is 13.5. The van der Waals surface area contributed by atoms with Crippen molar-refractivity contribution in [2.24, 2.45) is 4.99 Å². The van der Waals surface area contributed by atoms with Crippen LogP contribution >= 0.6 is 11.3 Å². The van der Waals surface area contributed by atoms with Gasteiger partial charge in [-0.3, -0.25) is 4.79 Å². The van der Waals surface area contributed by atoms with Gasteiger partial charge in [0.25, 0.3) is 0 Å². The Hall–Kier alpha value is -3.02. The molecule has 0 fully saturated rings. The average molecular weight is 521 g/mol. The summed E-state index contributed by atoms with van der Waals surface area (Å²) >= 11 is 1.27. The molecule has 1 heterocycles. The Morgan fingerprint density at radius 3 is 2.49 bits per heavy atom. The first kappa shape index (κ1) is 26.6. The SMILES string of the molecule is CCOC(=O)c1ccc2c(c1)sc(=NC(=O)CCCS(=O)(=O)c1ccc(OC)cc1)n2CCOC. The van der Waals surface area contributed by atoms with Crippen LogP contribution in [0.1, 0.15) is 30.1 Å². The molecule has 0 aliphatic heterocycles. The van der Waals surface area contributed by atoms with Gasteiger partial charge in [-0.05, 0) is 55.8 Å². The highest BCUT2D eigenvalue weighted by atomic mass is 32.2. The predicted octanol–water partition coefficient (Wildman–Crippen LogP) is 3.22. The second-order valence-electron chi connectivity index (χ2n) is 7.54. The van der Waals surface area contributed by atoms with Crippen molar-refractivity contribution in [1.82, 2.24) is 4.57 Å². The number of hydrogen-bond acceptors (Lipinski definition) is 8. The van der Waals surface area contributed by atoms with E-state index in [-0.39, 0.29) is 30.1 Å². The lowest BCUT2D eigenvalue weighted by molar-refractivity contribution is -0.118. The topological polar surface area (TPSA) is 113 Å². The number of thiazole rings is 1. The molecule has 0 aliphatic rings. The van der Waals surface area contributed by atoms with Crippen LogP contribution in [0.4, 0.5) is 0 Å². The van der Waals surface area contributed by atoms with Gasteiger partial charge in [-0.25, -0.2) is 13.2 Å². The quantitative estimate of drug-likeness (QED) is 0.357. The number of carbonyl (C=O) groups excluding carboxylic acids is 2. The lowest BCUT2D eigenvalue weighted by Crippen LogP contribution is -2.19. The van der Waals surface area contributed by atoms with Crippen LogP contribution in [0.15, 0.2) is 52.4 Å². The number of sulfone groups is 1. The van der Waals surface area contributed by atoms with Gasteiger partial charge in [-0.15, -0.1) is 0 Å². The Balaban J connectivity index is 1.77. The number of esters is 1. The van der Waals surface area contributed by atoms with Crippen LogP contribution in [-0.4, -0.2) is 58.0 Å². The summed E-state index contributed by atoms with van der Waals surface area (Å²) in [6.45, 7) is 2.89. The fraction of sp³-hybridized carbons (Fsp3) is 0.375. The molecule has 0 bridgehead atoms. The fourth-order valence-electron chi connectivity index (χ4n) is 3.38. The summed E-state index contributed by atoms with van der Waals surface area (Å²) in [5.41, 5.74) is 1.23. The number of aromatic nitrogens is 1. The van der Waals surface area contributed by atoms with Crippen molar-refractivity contribution in [1.29, 1.82) is 0 Å². The lowest BCUT2D eigenvalue weighted by atomic mass is 10.2. The van der Waals surface area contributed by atoms with E-state index in [4.69, 9.17) is 14.2 Å². The maximum absolute atomic E-state index is 12.6. The maximum Gasteiger partial charge on any atom is 0.338 e. The second-order valence-corrected chi connectivity index (χ2v) is 10.7. The molecule has 0 unspecified atom stereocenters. The number of carbonyl (C=O) groups is 2. The van der Waals surface area contributed by atoms with E-state index in [1.807, 2.05) is 4.57 Å². The highest BCUT2D eigenvalue weighted by Gasteiger charge is 2.16. The van der Waals surface area contributed by atoms with Crippen molar-refractivity contribution in [3.05, 3.63) is 52.8 Å². The van der Waals surface area contributed by atoms with Gasteiger partial charge in [0, 0.05) is 20.1 Å². The van der Waals surface area contributed by atoms with Gasteiger partial charge in [0.15, 0.2) is 14.6 Å². The number of amides is 1. The van der Waals surface area contributed by atoms with Gasteiger partial charge in [0.05, 0.1) is 46.8 Å². The number of benzene rings is 2. The van der Waals surface area contributed by atoms with E-state index in [0.717, 1.165) is 10.2 Å². The van der Waals surface area contributed by atoms with Gasteiger partial charge in [-0.2, -0.15) is 4.99 Å². The number of hydrogen-bond donors (Lipinski definition) is 0. The smallest absolute Gasteiger partial charge is 0.338 e. The third-order valence-electron chi connectivity index (χ3n) is 5.16. The van der Waals surface area contributed by atoms with Crippen molar-refractivity contribution >= 4 is 43.3 Å². The summed E-state index contributed by atoms with van der Waals surface area (Å²) in [6.07, 6.45) is 0.134. The summed E-state index contributed by atoms with van der Waals surface area (Å²) in [4.78, 5) is 29.6. The molecule has 0 spiro atoms. The van der Waals surface area contributed by atoms with Crippen molar-refractivity contribution in [3.63, 3.8) is 0 Å². The molecule has 2 aromatic carbocycles. The van der Waals surface area contributed by atoms with Crippen molar-refractivity contribution < 1.29 is 32.2 Å². The zero-order valence-corrected chi connectivity index (χ0v) is 21.5. The van der Waals surface area contributed by atoms with Gasteiger partial charge in [0.2, 0.25) is 5.91 Å². The normalized spacial score (nSPS) is 12.1. The van der Waals surface area contributed by atoms with Crippen LogP contribution in [0.25, 0.3) is 10.2 Å². The minimum Gasteiger partial charge on any atom is -0.497 e. The molecule has 3 rings (SSSR count). The average Bonchev–Trinajstić information content (AvgIpc) is 3.18. The maximum atomic E-state index is 12.6. The standard InChI is InChI=1S/C24H28N2O7S2/c1-4-33-23(28)17-7-12-20-21(16-17)34-24(26(20)13-14-31-2)25-22(27)6-5-15-35(29,30)19-10-8-18(32-3)9-11-19/h7-12,16H,4-6,13-15H2,1-3H3. The van der Waals surface area contributed by atoms with E-state index in [1.54, 1.807) is 44.4 Å². The highest BCUT2D eigenvalue weighted by molar-refractivity contribution is 7.91. The van der Waals surface area contributed by atoms with E-state index >= 15 is 0 Å². The predicted molar refractivity (Wildman–Crippen MR) is 132 cm³/mol. The van der Waals surface area contributed by atoms with Crippen molar-refractivity contribution in [2.75, 3.05) is 33.2 Å². The monoisotopic (exact) mass is 520 g/mol. The Kier molecular flexibility index (Phi) is 9.19. The largest absolute Gasteiger partial charge is 0.497 e. The van der Waals surface area contributed by atoms with Gasteiger partial charge in [0.1, 0.15) is 5.75 Å². The molecule has 1 amide bonds. The van der Waals surface area contributed by atoms with Crippen molar-refractivity contribution in [3.8, 4) is 5.75 Å². The molecule has 0 radical (unpaired) electrons.